The standard InChI is InChI=1S/C14H13N5O2/c1-10-4-5-18-9-11(17-14(18)6-10)7-15-13-3-2-12(8-16-13)19(20)21/h2-6,8-9H,7H2,1H3,(H,15,16). The van der Waals surface area contributed by atoms with Crippen LogP contribution < -0.4 is 5.32 Å². The molecule has 0 saturated carbocycles. The Labute approximate surface area is 120 Å². The second-order valence-electron chi connectivity index (χ2n) is 4.71. The van der Waals surface area contributed by atoms with Gasteiger partial charge in [-0.1, -0.05) is 0 Å². The summed E-state index contributed by atoms with van der Waals surface area (Å²) in [6.45, 7) is 2.53. The Morgan fingerprint density at radius 2 is 2.24 bits per heavy atom. The lowest BCUT2D eigenvalue weighted by Gasteiger charge is -2.02. The van der Waals surface area contributed by atoms with Crippen LogP contribution >= 0.6 is 0 Å². The molecule has 21 heavy (non-hydrogen) atoms. The van der Waals surface area contributed by atoms with Crippen molar-refractivity contribution in [2.24, 2.45) is 0 Å². The summed E-state index contributed by atoms with van der Waals surface area (Å²) in [7, 11) is 0. The van der Waals surface area contributed by atoms with Crippen LogP contribution in [0.2, 0.25) is 0 Å². The second kappa shape index (κ2) is 5.20. The number of hydrogen-bond donors (Lipinski definition) is 1. The maximum absolute atomic E-state index is 10.6. The van der Waals surface area contributed by atoms with E-state index in [1.165, 1.54) is 12.3 Å². The minimum atomic E-state index is -0.471. The van der Waals surface area contributed by atoms with Gasteiger partial charge in [0.25, 0.3) is 5.69 Å². The van der Waals surface area contributed by atoms with Crippen LogP contribution in [-0.4, -0.2) is 19.3 Å². The van der Waals surface area contributed by atoms with Crippen molar-refractivity contribution in [1.82, 2.24) is 14.4 Å². The molecule has 1 N–H and O–H groups in total. The number of hydrogen-bond acceptors (Lipinski definition) is 5. The highest BCUT2D eigenvalue weighted by molar-refractivity contribution is 5.44. The van der Waals surface area contributed by atoms with E-state index in [1.54, 1.807) is 6.07 Å². The lowest BCUT2D eigenvalue weighted by molar-refractivity contribution is -0.385. The number of nitrogens with zero attached hydrogens (tertiary/aromatic N) is 4. The SMILES string of the molecule is Cc1ccn2cc(CNc3ccc([N+](=O)[O-])cn3)nc2c1. The highest BCUT2D eigenvalue weighted by Gasteiger charge is 2.06. The Hall–Kier alpha value is -2.96. The van der Waals surface area contributed by atoms with Gasteiger partial charge in [0.2, 0.25) is 0 Å². The van der Waals surface area contributed by atoms with Crippen molar-refractivity contribution < 1.29 is 4.92 Å². The molecular formula is C14H13N5O2. The Kier molecular flexibility index (Phi) is 3.23. The summed E-state index contributed by atoms with van der Waals surface area (Å²) in [6, 6.07) is 7.03. The van der Waals surface area contributed by atoms with Gasteiger partial charge < -0.3 is 9.72 Å². The van der Waals surface area contributed by atoms with Crippen LogP contribution in [-0.2, 0) is 6.54 Å². The topological polar surface area (TPSA) is 85.4 Å². The smallest absolute Gasteiger partial charge is 0.287 e. The fraction of sp³-hybridized carbons (Fsp3) is 0.143. The van der Waals surface area contributed by atoms with Crippen LogP contribution in [0.4, 0.5) is 11.5 Å². The van der Waals surface area contributed by atoms with Gasteiger partial charge in [-0.15, -0.1) is 0 Å². The molecule has 0 radical (unpaired) electrons. The van der Waals surface area contributed by atoms with Gasteiger partial charge in [-0.2, -0.15) is 0 Å². The van der Waals surface area contributed by atoms with Crippen molar-refractivity contribution >= 4 is 17.2 Å². The predicted molar refractivity (Wildman–Crippen MR) is 78.1 cm³/mol. The molecule has 106 valence electrons. The van der Waals surface area contributed by atoms with Crippen LogP contribution in [0, 0.1) is 17.0 Å². The fourth-order valence-corrected chi connectivity index (χ4v) is 2.00. The van der Waals surface area contributed by atoms with Gasteiger partial charge in [0, 0.05) is 18.5 Å². The van der Waals surface area contributed by atoms with Crippen molar-refractivity contribution in [2.75, 3.05) is 5.32 Å². The first-order valence-electron chi connectivity index (χ1n) is 6.40. The van der Waals surface area contributed by atoms with E-state index < -0.39 is 4.92 Å². The van der Waals surface area contributed by atoms with Gasteiger partial charge in [-0.25, -0.2) is 9.97 Å². The number of pyridine rings is 2. The molecule has 0 aliphatic carbocycles. The van der Waals surface area contributed by atoms with E-state index in [2.05, 4.69) is 15.3 Å². The van der Waals surface area contributed by atoms with Gasteiger partial charge in [0.05, 0.1) is 17.2 Å². The Bertz CT molecular complexity index is 795. The van der Waals surface area contributed by atoms with Crippen LogP contribution in [0.15, 0.2) is 42.9 Å². The Morgan fingerprint density at radius 1 is 1.38 bits per heavy atom. The van der Waals surface area contributed by atoms with E-state index in [4.69, 9.17) is 0 Å². The van der Waals surface area contributed by atoms with Gasteiger partial charge >= 0.3 is 0 Å². The first-order valence-corrected chi connectivity index (χ1v) is 6.40. The molecule has 0 aliphatic heterocycles. The van der Waals surface area contributed by atoms with Gasteiger partial charge in [-0.05, 0) is 30.7 Å². The molecule has 0 saturated heterocycles. The number of aromatic nitrogens is 3. The Balaban J connectivity index is 1.72. The van der Waals surface area contributed by atoms with Crippen molar-refractivity contribution in [3.8, 4) is 0 Å². The largest absolute Gasteiger partial charge is 0.364 e. The van der Waals surface area contributed by atoms with Gasteiger partial charge in [0.1, 0.15) is 17.7 Å². The molecule has 0 fully saturated rings. The first kappa shape index (κ1) is 13.0. The molecule has 0 unspecified atom stereocenters. The third-order valence-electron chi connectivity index (χ3n) is 3.07. The normalized spacial score (nSPS) is 10.7. The highest BCUT2D eigenvalue weighted by atomic mass is 16.6. The first-order chi connectivity index (χ1) is 10.1. The molecule has 3 aromatic rings. The number of anilines is 1. The summed E-state index contributed by atoms with van der Waals surface area (Å²) in [4.78, 5) is 18.6. The number of nitrogens with one attached hydrogen (secondary N) is 1. The van der Waals surface area contributed by atoms with Crippen molar-refractivity contribution in [3.63, 3.8) is 0 Å². The van der Waals surface area contributed by atoms with Crippen LogP contribution in [0.3, 0.4) is 0 Å². The molecule has 3 heterocycles. The van der Waals surface area contributed by atoms with Crippen LogP contribution in [0.1, 0.15) is 11.3 Å². The second-order valence-corrected chi connectivity index (χ2v) is 4.71. The monoisotopic (exact) mass is 283 g/mol. The van der Waals surface area contributed by atoms with Crippen molar-refractivity contribution in [3.05, 3.63) is 64.2 Å². The zero-order valence-electron chi connectivity index (χ0n) is 11.4. The molecule has 7 nitrogen and oxygen atoms in total. The third kappa shape index (κ3) is 2.81. The molecule has 3 aromatic heterocycles. The third-order valence-corrected chi connectivity index (χ3v) is 3.07. The number of nitro groups is 1. The van der Waals surface area contributed by atoms with Gasteiger partial charge in [-0.3, -0.25) is 10.1 Å². The number of rotatable bonds is 4. The average molecular weight is 283 g/mol. The lowest BCUT2D eigenvalue weighted by Crippen LogP contribution is -2.01. The molecule has 7 heteroatoms. The van der Waals surface area contributed by atoms with Crippen molar-refractivity contribution in [1.29, 1.82) is 0 Å². The van der Waals surface area contributed by atoms with Crippen LogP contribution in [0.5, 0.6) is 0 Å². The quantitative estimate of drug-likeness (QED) is 0.587. The molecule has 0 aliphatic rings. The van der Waals surface area contributed by atoms with Crippen molar-refractivity contribution in [2.45, 2.75) is 13.5 Å². The van der Waals surface area contributed by atoms with E-state index in [0.717, 1.165) is 16.9 Å². The maximum atomic E-state index is 10.6. The van der Waals surface area contributed by atoms with E-state index in [9.17, 15) is 10.1 Å². The lowest BCUT2D eigenvalue weighted by atomic mass is 10.3. The minimum absolute atomic E-state index is 0.0243. The molecule has 0 aromatic carbocycles. The van der Waals surface area contributed by atoms with E-state index in [-0.39, 0.29) is 5.69 Å². The molecule has 0 bridgehead atoms. The summed E-state index contributed by atoms with van der Waals surface area (Å²) >= 11 is 0. The average Bonchev–Trinajstić information content (AvgIpc) is 2.87. The molecule has 0 atom stereocenters. The molecule has 0 amide bonds. The summed E-state index contributed by atoms with van der Waals surface area (Å²) in [5.74, 6) is 0.578. The van der Waals surface area contributed by atoms with E-state index >= 15 is 0 Å². The predicted octanol–water partition coefficient (Wildman–Crippen LogP) is 2.56. The Morgan fingerprint density at radius 3 is 2.95 bits per heavy atom. The zero-order chi connectivity index (χ0) is 14.8. The number of fused-ring (bicyclic) bond motifs is 1. The summed E-state index contributed by atoms with van der Waals surface area (Å²) in [5.41, 5.74) is 2.90. The number of imidazole rings is 1. The maximum Gasteiger partial charge on any atom is 0.287 e. The molecule has 3 rings (SSSR count). The van der Waals surface area contributed by atoms with Crippen LogP contribution in [0.25, 0.3) is 5.65 Å². The van der Waals surface area contributed by atoms with E-state index in [1.807, 2.05) is 35.9 Å². The number of aryl methyl sites for hydroxylation is 1. The summed E-state index contributed by atoms with van der Waals surface area (Å²) < 4.78 is 1.95. The molecular weight excluding hydrogens is 270 g/mol. The zero-order valence-corrected chi connectivity index (χ0v) is 11.4. The summed E-state index contributed by atoms with van der Waals surface area (Å²) in [5, 5.41) is 13.6. The minimum Gasteiger partial charge on any atom is -0.364 e. The molecule has 0 spiro atoms. The highest BCUT2D eigenvalue weighted by Crippen LogP contribution is 2.13. The van der Waals surface area contributed by atoms with Gasteiger partial charge in [0.15, 0.2) is 0 Å². The van der Waals surface area contributed by atoms with E-state index in [0.29, 0.717) is 12.4 Å². The summed E-state index contributed by atoms with van der Waals surface area (Å²) in [6.07, 6.45) is 5.13. The fourth-order valence-electron chi connectivity index (χ4n) is 2.00.